The van der Waals surface area contributed by atoms with Gasteiger partial charge in [0.2, 0.25) is 15.9 Å². The molecule has 3 rings (SSSR count). The zero-order chi connectivity index (χ0) is 18.4. The van der Waals surface area contributed by atoms with Gasteiger partial charge in [0.15, 0.2) is 0 Å². The highest BCUT2D eigenvalue weighted by atomic mass is 35.5. The summed E-state index contributed by atoms with van der Waals surface area (Å²) in [5.74, 6) is -0.219. The van der Waals surface area contributed by atoms with Crippen LogP contribution >= 0.6 is 12.4 Å². The number of hydrogen-bond acceptors (Lipinski definition) is 6. The maximum atomic E-state index is 12.7. The summed E-state index contributed by atoms with van der Waals surface area (Å²) in [4.78, 5) is 12.2. The molecule has 0 bridgehead atoms. The van der Waals surface area contributed by atoms with E-state index >= 15 is 0 Å². The summed E-state index contributed by atoms with van der Waals surface area (Å²) in [6, 6.07) is 6.33. The molecule has 2 saturated heterocycles. The molecule has 0 aliphatic carbocycles. The van der Waals surface area contributed by atoms with Gasteiger partial charge in [-0.05, 0) is 31.0 Å². The third-order valence-corrected chi connectivity index (χ3v) is 6.30. The zero-order valence-corrected chi connectivity index (χ0v) is 16.7. The summed E-state index contributed by atoms with van der Waals surface area (Å²) < 4.78 is 37.4. The van der Waals surface area contributed by atoms with Gasteiger partial charge in [0.05, 0.1) is 30.8 Å². The van der Waals surface area contributed by atoms with Crippen molar-refractivity contribution in [3.8, 4) is 0 Å². The van der Waals surface area contributed by atoms with Crippen LogP contribution in [0.1, 0.15) is 12.8 Å². The molecule has 2 N–H and O–H groups in total. The van der Waals surface area contributed by atoms with Crippen LogP contribution in [-0.2, 0) is 24.3 Å². The second kappa shape index (κ2) is 10.4. The van der Waals surface area contributed by atoms with Crippen LogP contribution in [0.15, 0.2) is 29.2 Å². The molecule has 1 aromatic carbocycles. The van der Waals surface area contributed by atoms with E-state index in [9.17, 15) is 13.2 Å². The molecule has 2 heterocycles. The van der Waals surface area contributed by atoms with Gasteiger partial charge in [0, 0.05) is 31.9 Å². The van der Waals surface area contributed by atoms with Gasteiger partial charge in [-0.25, -0.2) is 8.42 Å². The first-order valence-electron chi connectivity index (χ1n) is 8.86. The Kier molecular flexibility index (Phi) is 8.46. The lowest BCUT2D eigenvalue weighted by Crippen LogP contribution is -2.40. The minimum atomic E-state index is -3.58. The summed E-state index contributed by atoms with van der Waals surface area (Å²) in [5, 5.41) is 5.80. The Balaban J connectivity index is 0.00000261. The smallest absolute Gasteiger partial charge is 0.243 e. The number of sulfonamides is 1. The monoisotopic (exact) mass is 419 g/mol. The quantitative estimate of drug-likeness (QED) is 0.679. The number of carbonyl (C=O) groups is 1. The van der Waals surface area contributed by atoms with Crippen LogP contribution in [0.5, 0.6) is 0 Å². The third kappa shape index (κ3) is 6.13. The van der Waals surface area contributed by atoms with E-state index < -0.39 is 10.0 Å². The lowest BCUT2D eigenvalue weighted by Gasteiger charge is -2.26. The zero-order valence-electron chi connectivity index (χ0n) is 15.1. The maximum absolute atomic E-state index is 12.7. The molecule has 0 spiro atoms. The van der Waals surface area contributed by atoms with Crippen LogP contribution in [0.3, 0.4) is 0 Å². The predicted molar refractivity (Wildman–Crippen MR) is 104 cm³/mol. The van der Waals surface area contributed by atoms with E-state index in [-0.39, 0.29) is 35.9 Å². The molecule has 8 nitrogen and oxygen atoms in total. The van der Waals surface area contributed by atoms with Gasteiger partial charge in [0.1, 0.15) is 0 Å². The van der Waals surface area contributed by atoms with Crippen molar-refractivity contribution < 1.29 is 22.7 Å². The average molecular weight is 420 g/mol. The molecule has 1 unspecified atom stereocenters. The lowest BCUT2D eigenvalue weighted by molar-refractivity contribution is -0.115. The number of amides is 1. The fourth-order valence-electron chi connectivity index (χ4n) is 3.03. The number of anilines is 1. The van der Waals surface area contributed by atoms with Crippen molar-refractivity contribution in [2.45, 2.75) is 23.8 Å². The van der Waals surface area contributed by atoms with Crippen LogP contribution in [0.2, 0.25) is 0 Å². The molecule has 2 aliphatic heterocycles. The molecular formula is C17H26ClN3O5S. The van der Waals surface area contributed by atoms with Crippen molar-refractivity contribution in [3.05, 3.63) is 24.3 Å². The van der Waals surface area contributed by atoms with E-state index in [1.165, 1.54) is 16.4 Å². The third-order valence-electron chi connectivity index (χ3n) is 4.41. The highest BCUT2D eigenvalue weighted by molar-refractivity contribution is 7.89. The van der Waals surface area contributed by atoms with Gasteiger partial charge in [-0.15, -0.1) is 12.4 Å². The first-order valence-corrected chi connectivity index (χ1v) is 10.3. The topological polar surface area (TPSA) is 97.0 Å². The molecular weight excluding hydrogens is 394 g/mol. The number of halogens is 1. The maximum Gasteiger partial charge on any atom is 0.243 e. The number of hydrogen-bond donors (Lipinski definition) is 2. The fraction of sp³-hybridized carbons (Fsp3) is 0.588. The molecule has 1 aromatic rings. The molecule has 152 valence electrons. The standard InChI is InChI=1S/C17H25N3O5S.ClH/c21-17(13-18-12-15-4-2-8-25-15)19-14-3-1-5-16(11-14)26(22,23)20-6-9-24-10-7-20;/h1,3,5,11,15,18H,2,4,6-10,12-13H2,(H,19,21);1H. The normalized spacial score (nSPS) is 20.8. The number of nitrogens with zero attached hydrogens (tertiary/aromatic N) is 1. The highest BCUT2D eigenvalue weighted by Gasteiger charge is 2.26. The van der Waals surface area contributed by atoms with Gasteiger partial charge in [-0.1, -0.05) is 6.07 Å². The Morgan fingerprint density at radius 3 is 2.70 bits per heavy atom. The second-order valence-corrected chi connectivity index (χ2v) is 8.30. The minimum Gasteiger partial charge on any atom is -0.379 e. The van der Waals surface area contributed by atoms with Crippen LogP contribution < -0.4 is 10.6 Å². The van der Waals surface area contributed by atoms with Gasteiger partial charge >= 0.3 is 0 Å². The van der Waals surface area contributed by atoms with Crippen molar-refractivity contribution >= 4 is 34.0 Å². The SMILES string of the molecule is Cl.O=C(CNCC1CCCO1)Nc1cccc(S(=O)(=O)N2CCOCC2)c1. The van der Waals surface area contributed by atoms with Crippen molar-refractivity contribution in [2.75, 3.05) is 51.3 Å². The van der Waals surface area contributed by atoms with Crippen LogP contribution in [-0.4, -0.2) is 70.7 Å². The van der Waals surface area contributed by atoms with Gasteiger partial charge in [-0.2, -0.15) is 4.31 Å². The largest absolute Gasteiger partial charge is 0.379 e. The Morgan fingerprint density at radius 2 is 2.00 bits per heavy atom. The number of carbonyl (C=O) groups excluding carboxylic acids is 1. The summed E-state index contributed by atoms with van der Waals surface area (Å²) in [5.41, 5.74) is 0.461. The number of rotatable bonds is 7. The summed E-state index contributed by atoms with van der Waals surface area (Å²) in [7, 11) is -3.58. The Hall–Kier alpha value is -1.23. The van der Waals surface area contributed by atoms with Gasteiger partial charge in [-0.3, -0.25) is 4.79 Å². The van der Waals surface area contributed by atoms with Crippen molar-refractivity contribution in [2.24, 2.45) is 0 Å². The molecule has 2 fully saturated rings. The van der Waals surface area contributed by atoms with E-state index in [1.807, 2.05) is 0 Å². The van der Waals surface area contributed by atoms with Crippen molar-refractivity contribution in [1.82, 2.24) is 9.62 Å². The van der Waals surface area contributed by atoms with Crippen LogP contribution in [0, 0.1) is 0 Å². The second-order valence-electron chi connectivity index (χ2n) is 6.36. The molecule has 1 amide bonds. The van der Waals surface area contributed by atoms with E-state index in [0.717, 1.165) is 19.4 Å². The average Bonchev–Trinajstić information content (AvgIpc) is 3.16. The molecule has 0 radical (unpaired) electrons. The number of nitrogens with one attached hydrogen (secondary N) is 2. The molecule has 10 heteroatoms. The fourth-order valence-corrected chi connectivity index (χ4v) is 4.48. The first-order chi connectivity index (χ1) is 12.6. The van der Waals surface area contributed by atoms with Gasteiger partial charge in [0.25, 0.3) is 0 Å². The number of ether oxygens (including phenoxy) is 2. The molecule has 0 saturated carbocycles. The Bertz CT molecular complexity index is 719. The Morgan fingerprint density at radius 1 is 1.22 bits per heavy atom. The molecule has 27 heavy (non-hydrogen) atoms. The van der Waals surface area contributed by atoms with E-state index in [0.29, 0.717) is 38.5 Å². The van der Waals surface area contributed by atoms with Crippen molar-refractivity contribution in [3.63, 3.8) is 0 Å². The van der Waals surface area contributed by atoms with Gasteiger partial charge < -0.3 is 20.1 Å². The number of benzene rings is 1. The summed E-state index contributed by atoms with van der Waals surface area (Å²) in [6.07, 6.45) is 2.24. The number of morpholine rings is 1. The van der Waals surface area contributed by atoms with E-state index in [2.05, 4.69) is 10.6 Å². The highest BCUT2D eigenvalue weighted by Crippen LogP contribution is 2.20. The van der Waals surface area contributed by atoms with E-state index in [1.54, 1.807) is 12.1 Å². The first kappa shape index (κ1) is 22.1. The van der Waals surface area contributed by atoms with Crippen molar-refractivity contribution in [1.29, 1.82) is 0 Å². The predicted octanol–water partition coefficient (Wildman–Crippen LogP) is 0.836. The van der Waals surface area contributed by atoms with Crippen LogP contribution in [0.25, 0.3) is 0 Å². The minimum absolute atomic E-state index is 0. The molecule has 1 atom stereocenters. The molecule has 2 aliphatic rings. The summed E-state index contributed by atoms with van der Waals surface area (Å²) in [6.45, 7) is 3.04. The van der Waals surface area contributed by atoms with E-state index in [4.69, 9.17) is 9.47 Å². The molecule has 0 aromatic heterocycles. The van der Waals surface area contributed by atoms with Crippen LogP contribution in [0.4, 0.5) is 5.69 Å². The lowest BCUT2D eigenvalue weighted by atomic mass is 10.2. The summed E-state index contributed by atoms with van der Waals surface area (Å²) >= 11 is 0. The Labute approximate surface area is 166 Å².